The molecule has 2 nitrogen and oxygen atoms in total. The summed E-state index contributed by atoms with van der Waals surface area (Å²) in [5.41, 5.74) is 2.51. The third-order valence-electron chi connectivity index (χ3n) is 2.93. The Balaban J connectivity index is 1.86. The summed E-state index contributed by atoms with van der Waals surface area (Å²) in [4.78, 5) is 0. The summed E-state index contributed by atoms with van der Waals surface area (Å²) < 4.78 is 5.92. The van der Waals surface area contributed by atoms with Gasteiger partial charge in [-0.3, -0.25) is 0 Å². The lowest BCUT2D eigenvalue weighted by Gasteiger charge is -2.17. The van der Waals surface area contributed by atoms with Gasteiger partial charge in [-0.1, -0.05) is 17.7 Å². The Morgan fingerprint density at radius 3 is 2.75 bits per heavy atom. The Morgan fingerprint density at radius 2 is 2.12 bits per heavy atom. The maximum atomic E-state index is 5.92. The first-order valence-corrected chi connectivity index (χ1v) is 6.12. The van der Waals surface area contributed by atoms with E-state index in [-0.39, 0.29) is 6.10 Å². The Hall–Kier alpha value is -1.02. The molecule has 0 aromatic heterocycles. The van der Waals surface area contributed by atoms with E-state index in [1.807, 2.05) is 0 Å². The molecule has 0 radical (unpaired) electrons. The molecule has 0 amide bonds. The Morgan fingerprint density at radius 1 is 1.38 bits per heavy atom. The van der Waals surface area contributed by atoms with Crippen molar-refractivity contribution in [2.24, 2.45) is 0 Å². The van der Waals surface area contributed by atoms with Crippen molar-refractivity contribution in [3.8, 4) is 5.75 Å². The van der Waals surface area contributed by atoms with Gasteiger partial charge >= 0.3 is 0 Å². The third-order valence-corrected chi connectivity index (χ3v) is 2.93. The number of hydrogen-bond donors (Lipinski definition) is 1. The summed E-state index contributed by atoms with van der Waals surface area (Å²) >= 11 is 0. The van der Waals surface area contributed by atoms with Gasteiger partial charge in [-0.15, -0.1) is 0 Å². The predicted octanol–water partition coefficient (Wildman–Crippen LogP) is 2.82. The molecule has 1 aromatic rings. The fraction of sp³-hybridized carbons (Fsp3) is 0.571. The minimum absolute atomic E-state index is 0.238. The van der Waals surface area contributed by atoms with Gasteiger partial charge in [0.05, 0.1) is 0 Å². The van der Waals surface area contributed by atoms with Gasteiger partial charge in [0.1, 0.15) is 11.9 Å². The van der Waals surface area contributed by atoms with Crippen LogP contribution in [0.4, 0.5) is 0 Å². The highest BCUT2D eigenvalue weighted by atomic mass is 16.5. The van der Waals surface area contributed by atoms with Crippen molar-refractivity contribution in [3.05, 3.63) is 29.3 Å². The van der Waals surface area contributed by atoms with Crippen LogP contribution >= 0.6 is 0 Å². The molecule has 0 aliphatic heterocycles. The molecule has 1 aromatic carbocycles. The van der Waals surface area contributed by atoms with E-state index in [1.54, 1.807) is 0 Å². The van der Waals surface area contributed by atoms with Crippen molar-refractivity contribution in [3.63, 3.8) is 0 Å². The van der Waals surface area contributed by atoms with Gasteiger partial charge < -0.3 is 10.1 Å². The molecule has 1 aliphatic rings. The standard InChI is InChI=1S/C14H21NO/c1-10-4-7-14(11(2)8-10)16-12(3)9-15-13-5-6-13/h4,7-8,12-13,15H,5-6,9H2,1-3H3. The molecule has 1 saturated carbocycles. The van der Waals surface area contributed by atoms with E-state index in [9.17, 15) is 0 Å². The molecule has 16 heavy (non-hydrogen) atoms. The largest absolute Gasteiger partial charge is 0.489 e. The number of benzene rings is 1. The van der Waals surface area contributed by atoms with Crippen LogP contribution in [0.15, 0.2) is 18.2 Å². The van der Waals surface area contributed by atoms with Crippen molar-refractivity contribution < 1.29 is 4.74 Å². The molecule has 88 valence electrons. The number of hydrogen-bond acceptors (Lipinski definition) is 2. The molecule has 0 saturated heterocycles. The van der Waals surface area contributed by atoms with E-state index in [0.717, 1.165) is 18.3 Å². The normalized spacial score (nSPS) is 17.2. The van der Waals surface area contributed by atoms with Crippen molar-refractivity contribution in [1.82, 2.24) is 5.32 Å². The van der Waals surface area contributed by atoms with Crippen LogP contribution in [0.1, 0.15) is 30.9 Å². The van der Waals surface area contributed by atoms with Crippen LogP contribution in [0.3, 0.4) is 0 Å². The highest BCUT2D eigenvalue weighted by Crippen LogP contribution is 2.21. The molecule has 1 fully saturated rings. The molecule has 0 spiro atoms. The van der Waals surface area contributed by atoms with Crippen molar-refractivity contribution >= 4 is 0 Å². The molecular formula is C14H21NO. The molecule has 2 heteroatoms. The van der Waals surface area contributed by atoms with E-state index in [4.69, 9.17) is 4.74 Å². The SMILES string of the molecule is Cc1ccc(OC(C)CNC2CC2)c(C)c1. The molecule has 1 unspecified atom stereocenters. The quantitative estimate of drug-likeness (QED) is 0.822. The van der Waals surface area contributed by atoms with Gasteiger partial charge in [0.15, 0.2) is 0 Å². The highest BCUT2D eigenvalue weighted by molar-refractivity contribution is 5.35. The number of aryl methyl sites for hydroxylation is 2. The van der Waals surface area contributed by atoms with Crippen LogP contribution in [0.25, 0.3) is 0 Å². The van der Waals surface area contributed by atoms with E-state index in [0.29, 0.717) is 0 Å². The van der Waals surface area contributed by atoms with Crippen molar-refractivity contribution in [1.29, 1.82) is 0 Å². The molecule has 0 bridgehead atoms. The lowest BCUT2D eigenvalue weighted by atomic mass is 10.1. The second-order valence-electron chi connectivity index (χ2n) is 4.88. The fourth-order valence-electron chi connectivity index (χ4n) is 1.81. The summed E-state index contributed by atoms with van der Waals surface area (Å²) in [6, 6.07) is 7.09. The van der Waals surface area contributed by atoms with Crippen LogP contribution in [0.2, 0.25) is 0 Å². The van der Waals surface area contributed by atoms with Crippen LogP contribution < -0.4 is 10.1 Å². The first-order valence-electron chi connectivity index (χ1n) is 6.12. The minimum Gasteiger partial charge on any atom is -0.489 e. The minimum atomic E-state index is 0.238. The average molecular weight is 219 g/mol. The smallest absolute Gasteiger partial charge is 0.122 e. The van der Waals surface area contributed by atoms with Crippen LogP contribution in [0.5, 0.6) is 5.75 Å². The van der Waals surface area contributed by atoms with Gasteiger partial charge in [-0.05, 0) is 45.2 Å². The Kier molecular flexibility index (Phi) is 3.49. The topological polar surface area (TPSA) is 21.3 Å². The third kappa shape index (κ3) is 3.24. The predicted molar refractivity (Wildman–Crippen MR) is 67.0 cm³/mol. The lowest BCUT2D eigenvalue weighted by molar-refractivity contribution is 0.215. The van der Waals surface area contributed by atoms with E-state index >= 15 is 0 Å². The second kappa shape index (κ2) is 4.88. The number of ether oxygens (including phenoxy) is 1. The number of nitrogens with one attached hydrogen (secondary N) is 1. The Bertz CT molecular complexity index is 358. The zero-order chi connectivity index (χ0) is 11.5. The summed E-state index contributed by atoms with van der Waals surface area (Å²) in [6.45, 7) is 7.27. The van der Waals surface area contributed by atoms with Gasteiger partial charge in [0.25, 0.3) is 0 Å². The molecule has 1 N–H and O–H groups in total. The molecule has 1 aliphatic carbocycles. The Labute approximate surface area is 98.0 Å². The maximum absolute atomic E-state index is 5.92. The molecule has 2 rings (SSSR count). The van der Waals surface area contributed by atoms with Gasteiger partial charge in [0, 0.05) is 12.6 Å². The summed E-state index contributed by atoms with van der Waals surface area (Å²) in [5.74, 6) is 1.01. The van der Waals surface area contributed by atoms with Gasteiger partial charge in [-0.25, -0.2) is 0 Å². The average Bonchev–Trinajstić information content (AvgIpc) is 3.03. The highest BCUT2D eigenvalue weighted by Gasteiger charge is 2.21. The molecular weight excluding hydrogens is 198 g/mol. The van der Waals surface area contributed by atoms with Crippen LogP contribution in [-0.4, -0.2) is 18.7 Å². The molecule has 1 atom stereocenters. The maximum Gasteiger partial charge on any atom is 0.122 e. The van der Waals surface area contributed by atoms with Crippen LogP contribution in [-0.2, 0) is 0 Å². The summed E-state index contributed by atoms with van der Waals surface area (Å²) in [5, 5.41) is 3.48. The zero-order valence-electron chi connectivity index (χ0n) is 10.4. The van der Waals surface area contributed by atoms with E-state index in [1.165, 1.54) is 24.0 Å². The van der Waals surface area contributed by atoms with E-state index in [2.05, 4.69) is 44.3 Å². The van der Waals surface area contributed by atoms with Gasteiger partial charge in [-0.2, -0.15) is 0 Å². The molecule has 0 heterocycles. The van der Waals surface area contributed by atoms with Crippen LogP contribution in [0, 0.1) is 13.8 Å². The number of rotatable bonds is 5. The summed E-state index contributed by atoms with van der Waals surface area (Å²) in [7, 11) is 0. The van der Waals surface area contributed by atoms with Crippen molar-refractivity contribution in [2.45, 2.75) is 45.8 Å². The van der Waals surface area contributed by atoms with E-state index < -0.39 is 0 Å². The summed E-state index contributed by atoms with van der Waals surface area (Å²) in [6.07, 6.45) is 2.90. The lowest BCUT2D eigenvalue weighted by Crippen LogP contribution is -2.30. The fourth-order valence-corrected chi connectivity index (χ4v) is 1.81. The van der Waals surface area contributed by atoms with Crippen molar-refractivity contribution in [2.75, 3.05) is 6.54 Å². The first-order chi connectivity index (χ1) is 7.65. The first kappa shape index (κ1) is 11.5. The van der Waals surface area contributed by atoms with Gasteiger partial charge in [0.2, 0.25) is 0 Å². The second-order valence-corrected chi connectivity index (χ2v) is 4.88. The zero-order valence-corrected chi connectivity index (χ0v) is 10.4. The monoisotopic (exact) mass is 219 g/mol.